The van der Waals surface area contributed by atoms with Crippen LogP contribution >= 0.6 is 45.2 Å². The number of halogens is 2. The zero-order chi connectivity index (χ0) is 26.8. The number of hydrogen-bond donors (Lipinski definition) is 0. The third kappa shape index (κ3) is 11.5. The second-order valence-corrected chi connectivity index (χ2v) is 10.2. The van der Waals surface area contributed by atoms with Gasteiger partial charge in [0.1, 0.15) is 0 Å². The van der Waals surface area contributed by atoms with Gasteiger partial charge in [-0.05, 0) is 130 Å². The molecule has 0 aromatic heterocycles. The molecule has 0 bridgehead atoms. The highest BCUT2D eigenvalue weighted by Crippen LogP contribution is 2.08. The van der Waals surface area contributed by atoms with Gasteiger partial charge in [-0.2, -0.15) is 0 Å². The predicted octanol–water partition coefficient (Wildman–Crippen LogP) is 9.05. The first-order valence-electron chi connectivity index (χ1n) is 11.8. The molecule has 182 valence electrons. The summed E-state index contributed by atoms with van der Waals surface area (Å²) < 4.78 is 2.59. The van der Waals surface area contributed by atoms with Crippen molar-refractivity contribution < 1.29 is 0 Å². The van der Waals surface area contributed by atoms with Gasteiger partial charge >= 0.3 is 0 Å². The van der Waals surface area contributed by atoms with Gasteiger partial charge in [-0.15, -0.1) is 6.42 Å². The third-order valence-electron chi connectivity index (χ3n) is 4.88. The van der Waals surface area contributed by atoms with E-state index in [1.165, 1.54) is 7.14 Å². The maximum Gasteiger partial charge on any atom is 0.0249 e. The highest BCUT2D eigenvalue weighted by molar-refractivity contribution is 14.1. The molecular formula is C36H24I2. The van der Waals surface area contributed by atoms with Crippen molar-refractivity contribution in [3.8, 4) is 36.0 Å². The summed E-state index contributed by atoms with van der Waals surface area (Å²) in [7, 11) is 0. The van der Waals surface area contributed by atoms with Gasteiger partial charge in [0.15, 0.2) is 0 Å². The SMILES string of the molecule is C#Cc1ccccc1.C(#Cc1ccc(C#Cc2ccccc2)cc1)c1ccccc1.Ic1ccc(I)cc1. The Morgan fingerprint density at radius 1 is 0.342 bits per heavy atom. The number of rotatable bonds is 0. The van der Waals surface area contributed by atoms with E-state index in [-0.39, 0.29) is 0 Å². The summed E-state index contributed by atoms with van der Waals surface area (Å²) in [6.45, 7) is 0. The zero-order valence-electron chi connectivity index (χ0n) is 20.6. The van der Waals surface area contributed by atoms with E-state index >= 15 is 0 Å². The summed E-state index contributed by atoms with van der Waals surface area (Å²) in [5.41, 5.74) is 4.97. The van der Waals surface area contributed by atoms with Crippen LogP contribution in [-0.4, -0.2) is 0 Å². The van der Waals surface area contributed by atoms with E-state index in [9.17, 15) is 0 Å². The average molecular weight is 710 g/mol. The minimum atomic E-state index is 0.938. The second kappa shape index (κ2) is 16.9. The van der Waals surface area contributed by atoms with Crippen LogP contribution in [0.15, 0.2) is 140 Å². The molecule has 38 heavy (non-hydrogen) atoms. The van der Waals surface area contributed by atoms with Gasteiger partial charge in [-0.3, -0.25) is 0 Å². The molecule has 5 aromatic rings. The fraction of sp³-hybridized carbons (Fsp3) is 0. The van der Waals surface area contributed by atoms with Crippen LogP contribution in [0.2, 0.25) is 0 Å². The Kier molecular flexibility index (Phi) is 12.8. The van der Waals surface area contributed by atoms with Gasteiger partial charge in [0.2, 0.25) is 0 Å². The quantitative estimate of drug-likeness (QED) is 0.111. The second-order valence-electron chi connectivity index (χ2n) is 7.76. The lowest BCUT2D eigenvalue weighted by Crippen LogP contribution is -1.78. The van der Waals surface area contributed by atoms with Gasteiger partial charge in [0.05, 0.1) is 0 Å². The van der Waals surface area contributed by atoms with E-state index in [4.69, 9.17) is 6.42 Å². The molecule has 0 nitrogen and oxygen atoms in total. The highest BCUT2D eigenvalue weighted by atomic mass is 127. The zero-order valence-corrected chi connectivity index (χ0v) is 24.9. The van der Waals surface area contributed by atoms with Gasteiger partial charge in [-0.1, -0.05) is 84.2 Å². The predicted molar refractivity (Wildman–Crippen MR) is 178 cm³/mol. The minimum Gasteiger partial charge on any atom is -0.115 e. The van der Waals surface area contributed by atoms with Crippen LogP contribution in [0.4, 0.5) is 0 Å². The first kappa shape index (κ1) is 28.8. The van der Waals surface area contributed by atoms with Crippen molar-refractivity contribution in [2.75, 3.05) is 0 Å². The Morgan fingerprint density at radius 3 is 0.868 bits per heavy atom. The Hall–Kier alpha value is -3.76. The normalized spacial score (nSPS) is 8.87. The van der Waals surface area contributed by atoms with E-state index in [1.54, 1.807) is 0 Å². The summed E-state index contributed by atoms with van der Waals surface area (Å²) in [5.74, 6) is 15.2. The smallest absolute Gasteiger partial charge is 0.0249 e. The molecule has 5 aromatic carbocycles. The third-order valence-corrected chi connectivity index (χ3v) is 6.32. The van der Waals surface area contributed by atoms with Crippen LogP contribution < -0.4 is 0 Å². The van der Waals surface area contributed by atoms with Crippen LogP contribution in [0.25, 0.3) is 0 Å². The molecule has 0 saturated heterocycles. The maximum atomic E-state index is 5.10. The first-order chi connectivity index (χ1) is 18.6. The average Bonchev–Trinajstić information content (AvgIpc) is 2.99. The fourth-order valence-corrected chi connectivity index (χ4v) is 3.65. The van der Waals surface area contributed by atoms with Crippen molar-refractivity contribution in [1.82, 2.24) is 0 Å². The molecule has 0 fully saturated rings. The summed E-state index contributed by atoms with van der Waals surface area (Å²) >= 11 is 4.59. The van der Waals surface area contributed by atoms with E-state index in [2.05, 4.69) is 99.0 Å². The van der Waals surface area contributed by atoms with Crippen molar-refractivity contribution in [3.63, 3.8) is 0 Å². The van der Waals surface area contributed by atoms with Gasteiger partial charge in [0.25, 0.3) is 0 Å². The van der Waals surface area contributed by atoms with E-state index in [0.717, 1.165) is 27.8 Å². The molecule has 0 unspecified atom stereocenters. The van der Waals surface area contributed by atoms with Crippen LogP contribution in [0.5, 0.6) is 0 Å². The summed E-state index contributed by atoms with van der Waals surface area (Å²) in [6, 6.07) is 46.0. The van der Waals surface area contributed by atoms with Crippen molar-refractivity contribution in [2.45, 2.75) is 0 Å². The molecule has 5 rings (SSSR count). The first-order valence-corrected chi connectivity index (χ1v) is 13.9. The lowest BCUT2D eigenvalue weighted by atomic mass is 10.1. The minimum absolute atomic E-state index is 0.938. The fourth-order valence-electron chi connectivity index (χ4n) is 2.93. The van der Waals surface area contributed by atoms with Crippen LogP contribution in [-0.2, 0) is 0 Å². The molecule has 0 radical (unpaired) electrons. The lowest BCUT2D eigenvalue weighted by Gasteiger charge is -1.92. The molecule has 0 spiro atoms. The summed E-state index contributed by atoms with van der Waals surface area (Å²) in [4.78, 5) is 0. The Bertz CT molecular complexity index is 1440. The summed E-state index contributed by atoms with van der Waals surface area (Å²) in [6.07, 6.45) is 5.10. The highest BCUT2D eigenvalue weighted by Gasteiger charge is 1.90. The van der Waals surface area contributed by atoms with Gasteiger partial charge in [0, 0.05) is 35.0 Å². The van der Waals surface area contributed by atoms with Crippen molar-refractivity contribution in [3.05, 3.63) is 174 Å². The Labute approximate surface area is 253 Å². The van der Waals surface area contributed by atoms with E-state index in [0.29, 0.717) is 0 Å². The molecule has 0 amide bonds. The van der Waals surface area contributed by atoms with Crippen LogP contribution in [0.3, 0.4) is 0 Å². The van der Waals surface area contributed by atoms with E-state index in [1.807, 2.05) is 115 Å². The molecule has 0 aliphatic heterocycles. The van der Waals surface area contributed by atoms with Crippen LogP contribution in [0, 0.1) is 43.2 Å². The molecule has 0 atom stereocenters. The van der Waals surface area contributed by atoms with E-state index < -0.39 is 0 Å². The number of hydrogen-bond acceptors (Lipinski definition) is 0. The molecule has 0 saturated carbocycles. The summed E-state index contributed by atoms with van der Waals surface area (Å²) in [5, 5.41) is 0. The molecule has 0 heterocycles. The lowest BCUT2D eigenvalue weighted by molar-refractivity contribution is 1.59. The van der Waals surface area contributed by atoms with Crippen molar-refractivity contribution in [1.29, 1.82) is 0 Å². The topological polar surface area (TPSA) is 0 Å². The Morgan fingerprint density at radius 2 is 0.605 bits per heavy atom. The Balaban J connectivity index is 0.000000203. The van der Waals surface area contributed by atoms with Crippen molar-refractivity contribution in [2.24, 2.45) is 0 Å². The monoisotopic (exact) mass is 710 g/mol. The maximum absolute atomic E-state index is 5.10. The number of terminal acetylenes is 1. The van der Waals surface area contributed by atoms with Crippen LogP contribution in [0.1, 0.15) is 27.8 Å². The molecular weight excluding hydrogens is 686 g/mol. The largest absolute Gasteiger partial charge is 0.115 e. The molecule has 0 N–H and O–H groups in total. The van der Waals surface area contributed by atoms with Gasteiger partial charge in [-0.25, -0.2) is 0 Å². The molecule has 2 heteroatoms. The van der Waals surface area contributed by atoms with Crippen molar-refractivity contribution >= 4 is 45.2 Å². The standard InChI is InChI=1S/C22H14.C8H6.C6H4I2/c1-3-7-19(8-4-1)11-13-21-15-17-22(18-16-21)14-12-20-9-5-2-6-10-20;1-2-8-6-4-3-5-7-8;7-5-1-2-6(8)4-3-5/h1-10,15-18H;1,3-7H;1-4H. The number of benzene rings is 5. The molecule has 0 aliphatic carbocycles. The van der Waals surface area contributed by atoms with Gasteiger partial charge < -0.3 is 0 Å². The molecule has 0 aliphatic rings.